The Kier molecular flexibility index (Phi) is 7.90. The van der Waals surface area contributed by atoms with Gasteiger partial charge in [-0.3, -0.25) is 9.20 Å². The molecule has 4 heterocycles. The first-order valence-electron chi connectivity index (χ1n) is 11.8. The Morgan fingerprint density at radius 3 is 2.65 bits per heavy atom. The van der Waals surface area contributed by atoms with Gasteiger partial charge in [-0.2, -0.15) is 4.98 Å². The fourth-order valence-corrected chi connectivity index (χ4v) is 3.89. The van der Waals surface area contributed by atoms with Crippen LogP contribution >= 0.6 is 0 Å². The number of carbonyl (C=O) groups excluding carboxylic acids is 1. The van der Waals surface area contributed by atoms with E-state index < -0.39 is 17.8 Å². The summed E-state index contributed by atoms with van der Waals surface area (Å²) in [6, 6.07) is 5.74. The Balaban J connectivity index is 0.000000747. The monoisotopic (exact) mass is 511 g/mol. The van der Waals surface area contributed by atoms with Crippen LogP contribution in [0.5, 0.6) is 0 Å². The highest BCUT2D eigenvalue weighted by Gasteiger charge is 2.23. The van der Waals surface area contributed by atoms with Crippen molar-refractivity contribution in [1.82, 2.24) is 24.3 Å². The zero-order valence-electron chi connectivity index (χ0n) is 20.8. The molecule has 4 aromatic rings. The van der Waals surface area contributed by atoms with E-state index in [1.807, 2.05) is 37.0 Å². The highest BCUT2D eigenvalue weighted by Crippen LogP contribution is 2.28. The third-order valence-electron chi connectivity index (χ3n) is 6.12. The van der Waals surface area contributed by atoms with E-state index in [0.29, 0.717) is 41.4 Å². The molecule has 0 spiro atoms. The number of allylic oxidation sites excluding steroid dienone is 2. The minimum Gasteiger partial charge on any atom is -0.365 e. The van der Waals surface area contributed by atoms with Crippen molar-refractivity contribution in [2.75, 3.05) is 36.9 Å². The lowest BCUT2D eigenvalue weighted by atomic mass is 10.1. The van der Waals surface area contributed by atoms with E-state index >= 15 is 0 Å². The molecule has 1 aromatic carbocycles. The van der Waals surface area contributed by atoms with Crippen LogP contribution in [0.4, 0.5) is 24.8 Å². The number of likely N-dealkylation sites (N-methyl/N-ethyl adjacent to an activating group) is 1. The number of fused-ring (bicyclic) bond motifs is 3. The number of hydrogen-bond acceptors (Lipinski definition) is 6. The van der Waals surface area contributed by atoms with Gasteiger partial charge in [0.15, 0.2) is 0 Å². The average molecular weight is 512 g/mol. The van der Waals surface area contributed by atoms with Gasteiger partial charge in [0.05, 0.1) is 23.8 Å². The molecule has 194 valence electrons. The van der Waals surface area contributed by atoms with Crippen LogP contribution in [-0.2, 0) is 11.3 Å². The topological polar surface area (TPSA) is 78.7 Å². The third-order valence-corrected chi connectivity index (χ3v) is 6.12. The van der Waals surface area contributed by atoms with Gasteiger partial charge in [-0.15, -0.1) is 0 Å². The zero-order chi connectivity index (χ0) is 26.5. The molecule has 11 heteroatoms. The summed E-state index contributed by atoms with van der Waals surface area (Å²) >= 11 is 0. The largest absolute Gasteiger partial charge is 0.365 e. The molecule has 0 aliphatic carbocycles. The number of aromatic nitrogens is 4. The van der Waals surface area contributed by atoms with Crippen molar-refractivity contribution in [1.29, 1.82) is 0 Å². The van der Waals surface area contributed by atoms with Crippen molar-refractivity contribution in [3.63, 3.8) is 0 Å². The molecule has 1 fully saturated rings. The summed E-state index contributed by atoms with van der Waals surface area (Å²) in [6.45, 7) is 5.39. The smallest absolute Gasteiger partial charge is 0.266 e. The lowest BCUT2D eigenvalue weighted by Gasteiger charge is -2.32. The van der Waals surface area contributed by atoms with Crippen LogP contribution in [0.25, 0.3) is 16.7 Å². The molecule has 0 unspecified atom stereocenters. The van der Waals surface area contributed by atoms with Gasteiger partial charge < -0.3 is 15.1 Å². The molecule has 3 aromatic heterocycles. The fourth-order valence-electron chi connectivity index (χ4n) is 3.89. The fraction of sp³-hybridized carbons (Fsp3) is 0.308. The van der Waals surface area contributed by atoms with Gasteiger partial charge in [0, 0.05) is 50.0 Å². The number of rotatable bonds is 5. The van der Waals surface area contributed by atoms with E-state index in [-0.39, 0.29) is 24.6 Å². The second-order valence-electron chi connectivity index (χ2n) is 8.50. The van der Waals surface area contributed by atoms with Crippen LogP contribution < -0.4 is 10.2 Å². The molecule has 1 amide bonds. The van der Waals surface area contributed by atoms with E-state index in [0.717, 1.165) is 6.07 Å². The summed E-state index contributed by atoms with van der Waals surface area (Å²) in [6.07, 6.45) is 6.13. The Morgan fingerprint density at radius 1 is 1.16 bits per heavy atom. The van der Waals surface area contributed by atoms with Gasteiger partial charge in [0.25, 0.3) is 6.43 Å². The van der Waals surface area contributed by atoms with Crippen molar-refractivity contribution in [2.45, 2.75) is 26.8 Å². The highest BCUT2D eigenvalue weighted by molar-refractivity contribution is 5.93. The first-order chi connectivity index (χ1) is 17.8. The van der Waals surface area contributed by atoms with Crippen LogP contribution in [0.15, 0.2) is 55.0 Å². The maximum atomic E-state index is 14.5. The number of imidazole rings is 1. The first-order valence-corrected chi connectivity index (χ1v) is 11.8. The van der Waals surface area contributed by atoms with Gasteiger partial charge in [-0.1, -0.05) is 30.4 Å². The molecule has 0 radical (unpaired) electrons. The van der Waals surface area contributed by atoms with Crippen LogP contribution in [0, 0.1) is 5.82 Å². The summed E-state index contributed by atoms with van der Waals surface area (Å²) in [7, 11) is 1.76. The lowest BCUT2D eigenvalue weighted by molar-refractivity contribution is -0.129. The Hall–Kier alpha value is -4.15. The van der Waals surface area contributed by atoms with Crippen molar-refractivity contribution < 1.29 is 18.0 Å². The molecular formula is C26H28F3N7O. The van der Waals surface area contributed by atoms with Crippen LogP contribution in [0.1, 0.15) is 31.4 Å². The molecule has 0 atom stereocenters. The van der Waals surface area contributed by atoms with Crippen molar-refractivity contribution >= 4 is 34.2 Å². The van der Waals surface area contributed by atoms with Gasteiger partial charge in [-0.05, 0) is 19.9 Å². The Morgan fingerprint density at radius 2 is 1.95 bits per heavy atom. The molecule has 1 N–H and O–H groups in total. The van der Waals surface area contributed by atoms with Crippen molar-refractivity contribution in [3.05, 3.63) is 72.0 Å². The van der Waals surface area contributed by atoms with Crippen LogP contribution in [0.3, 0.4) is 0 Å². The maximum absolute atomic E-state index is 14.5. The van der Waals surface area contributed by atoms with Crippen LogP contribution in [0.2, 0.25) is 0 Å². The highest BCUT2D eigenvalue weighted by atomic mass is 19.3. The lowest BCUT2D eigenvalue weighted by Crippen LogP contribution is -2.48. The third kappa shape index (κ3) is 5.50. The summed E-state index contributed by atoms with van der Waals surface area (Å²) in [5, 5.41) is 3.75. The second kappa shape index (κ2) is 11.3. The number of hydrogen-bond donors (Lipinski definition) is 1. The van der Waals surface area contributed by atoms with Crippen molar-refractivity contribution in [3.8, 4) is 0 Å². The number of piperazine rings is 1. The molecule has 5 rings (SSSR count). The molecule has 0 saturated carbocycles. The first kappa shape index (κ1) is 25.9. The maximum Gasteiger partial charge on any atom is 0.266 e. The Labute approximate surface area is 212 Å². The molecule has 1 saturated heterocycles. The van der Waals surface area contributed by atoms with E-state index in [1.54, 1.807) is 34.9 Å². The second-order valence-corrected chi connectivity index (χ2v) is 8.50. The average Bonchev–Trinajstić information content (AvgIpc) is 3.38. The normalized spacial score (nSPS) is 14.1. The predicted molar refractivity (Wildman–Crippen MR) is 137 cm³/mol. The molecule has 1 aliphatic heterocycles. The van der Waals surface area contributed by atoms with E-state index in [9.17, 15) is 18.0 Å². The number of carbonyl (C=O) groups is 1. The van der Waals surface area contributed by atoms with Gasteiger partial charge in [0.1, 0.15) is 17.5 Å². The summed E-state index contributed by atoms with van der Waals surface area (Å²) in [5.41, 5.74) is 0.179. The molecule has 8 nitrogen and oxygen atoms in total. The molecule has 37 heavy (non-hydrogen) atoms. The number of benzene rings is 1. The number of anilines is 2. The van der Waals surface area contributed by atoms with Gasteiger partial charge in [-0.25, -0.2) is 23.1 Å². The summed E-state index contributed by atoms with van der Waals surface area (Å²) in [4.78, 5) is 29.0. The van der Waals surface area contributed by atoms with E-state index in [1.165, 1.54) is 12.1 Å². The van der Waals surface area contributed by atoms with Gasteiger partial charge in [0.2, 0.25) is 11.7 Å². The summed E-state index contributed by atoms with van der Waals surface area (Å²) in [5.74, 6) is 0.494. The number of nitrogens with zero attached hydrogens (tertiary/aromatic N) is 6. The van der Waals surface area contributed by atoms with Crippen LogP contribution in [-0.4, -0.2) is 56.8 Å². The number of alkyl halides is 2. The zero-order valence-corrected chi connectivity index (χ0v) is 20.8. The number of halogens is 3. The number of pyridine rings is 1. The minimum absolute atomic E-state index is 0.000862. The van der Waals surface area contributed by atoms with E-state index in [2.05, 4.69) is 20.3 Å². The number of amides is 1. The predicted octanol–water partition coefficient (Wildman–Crippen LogP) is 4.83. The minimum atomic E-state index is -2.90. The quantitative estimate of drug-likeness (QED) is 0.387. The molecule has 0 bridgehead atoms. The standard InChI is InChI=1S/C22H20F3N7O.C4H8/c1-30-7-8-31(12-18(30)33)17-9-15-16(11-27-17)32-6-5-26-22(32)29-21(15)28-10-13-3-2-4-14(19(13)23)20(24)25;1-3-4-2/h2-6,9,11,20H,7-8,10,12H2,1H3,(H,26,28,29);3-4H,1-2H3/b;4-3-. The van der Waals surface area contributed by atoms with Crippen molar-refractivity contribution in [2.24, 2.45) is 0 Å². The summed E-state index contributed by atoms with van der Waals surface area (Å²) < 4.78 is 42.4. The van der Waals surface area contributed by atoms with Gasteiger partial charge >= 0.3 is 0 Å². The molecule has 1 aliphatic rings. The van der Waals surface area contributed by atoms with E-state index in [4.69, 9.17) is 0 Å². The Bertz CT molecular complexity index is 1430. The molecular weight excluding hydrogens is 483 g/mol. The number of nitrogens with one attached hydrogen (secondary N) is 1. The SMILES string of the molecule is C/C=C\C.CN1CCN(c2cc3c(NCc4cccc(C(F)F)c4F)nc4nccn4c3cn2)CC1=O.